The maximum Gasteiger partial charge on any atom is 0.325 e. The molecule has 0 radical (unpaired) electrons. The summed E-state index contributed by atoms with van der Waals surface area (Å²) in [6.45, 7) is 0. The van der Waals surface area contributed by atoms with E-state index < -0.39 is 21.2 Å². The number of methoxy groups -OCH3 is 1. The minimum atomic E-state index is -3.94. The Morgan fingerprint density at radius 1 is 1.06 bits per heavy atom. The topological polar surface area (TPSA) is 122 Å². The zero-order valence-corrected chi connectivity index (χ0v) is 19.7. The first-order valence-electron chi connectivity index (χ1n) is 9.82. The van der Waals surface area contributed by atoms with Crippen LogP contribution in [-0.4, -0.2) is 35.9 Å². The average molecular weight is 498 g/mol. The van der Waals surface area contributed by atoms with Gasteiger partial charge in [0.15, 0.2) is 0 Å². The lowest BCUT2D eigenvalue weighted by atomic mass is 10.2. The lowest BCUT2D eigenvalue weighted by Gasteiger charge is -2.16. The first kappa shape index (κ1) is 23.5. The Labute approximate surface area is 198 Å². The van der Waals surface area contributed by atoms with E-state index in [0.29, 0.717) is 11.4 Å². The Hall–Kier alpha value is -3.69. The molecular weight excluding hydrogens is 478 g/mol. The van der Waals surface area contributed by atoms with Gasteiger partial charge < -0.3 is 9.30 Å². The molecule has 0 aliphatic carbocycles. The van der Waals surface area contributed by atoms with Crippen molar-refractivity contribution in [3.63, 3.8) is 0 Å². The molecule has 3 aromatic carbocycles. The van der Waals surface area contributed by atoms with E-state index in [4.69, 9.17) is 13.6 Å². The van der Waals surface area contributed by atoms with Gasteiger partial charge in [0, 0.05) is 24.3 Å². The van der Waals surface area contributed by atoms with E-state index in [1.165, 1.54) is 49.6 Å². The van der Waals surface area contributed by atoms with Crippen molar-refractivity contribution in [1.29, 1.82) is 5.26 Å². The van der Waals surface area contributed by atoms with Gasteiger partial charge in [-0.1, -0.05) is 12.1 Å². The monoisotopic (exact) mass is 497 g/mol. The SMILES string of the molecule is COc1cc(C#N)cc(S(=O)(=O)c2cccc(-n3ccc4ccc(N(C)OS(=O)O)cc43)c2)c1. The summed E-state index contributed by atoms with van der Waals surface area (Å²) in [6, 6.07) is 19.7. The first-order valence-corrected chi connectivity index (χ1v) is 12.3. The minimum Gasteiger partial charge on any atom is -0.497 e. The molecule has 34 heavy (non-hydrogen) atoms. The average Bonchev–Trinajstić information content (AvgIpc) is 3.26. The Morgan fingerprint density at radius 3 is 2.56 bits per heavy atom. The molecular formula is C23H19N3O6S2. The maximum atomic E-state index is 13.4. The van der Waals surface area contributed by atoms with Crippen molar-refractivity contribution in [3.05, 3.63) is 78.5 Å². The number of fused-ring (bicyclic) bond motifs is 1. The van der Waals surface area contributed by atoms with Crippen molar-refractivity contribution in [2.75, 3.05) is 19.2 Å². The number of aromatic nitrogens is 1. The quantitative estimate of drug-likeness (QED) is 0.302. The zero-order chi connectivity index (χ0) is 24.5. The summed E-state index contributed by atoms with van der Waals surface area (Å²) in [5, 5.41) is 11.3. The van der Waals surface area contributed by atoms with Crippen LogP contribution in [0.5, 0.6) is 5.75 Å². The van der Waals surface area contributed by atoms with E-state index >= 15 is 0 Å². The summed E-state index contributed by atoms with van der Waals surface area (Å²) >= 11 is -2.47. The van der Waals surface area contributed by atoms with Gasteiger partial charge in [0.1, 0.15) is 5.75 Å². The Bertz CT molecular complexity index is 1560. The molecule has 0 amide bonds. The molecule has 4 rings (SSSR count). The lowest BCUT2D eigenvalue weighted by molar-refractivity contribution is 0.295. The molecule has 9 nitrogen and oxygen atoms in total. The molecule has 1 N–H and O–H groups in total. The summed E-state index contributed by atoms with van der Waals surface area (Å²) in [7, 11) is -1.04. The molecule has 1 heterocycles. The number of hydrogen-bond acceptors (Lipinski definition) is 7. The standard InChI is InChI=1S/C23H19N3O6S2/c1-25(32-33(27)28)18-7-6-17-8-9-26(23(17)13-18)19-4-3-5-21(12-19)34(29,30)22-11-16(15-24)10-20(14-22)31-2/h3-14H,1-2H3,(H,27,28). The molecule has 0 spiro atoms. The van der Waals surface area contributed by atoms with Crippen molar-refractivity contribution >= 4 is 37.8 Å². The lowest BCUT2D eigenvalue weighted by Crippen LogP contribution is -2.18. The smallest absolute Gasteiger partial charge is 0.325 e. The normalized spacial score (nSPS) is 12.3. The number of benzene rings is 3. The molecule has 11 heteroatoms. The van der Waals surface area contributed by atoms with Gasteiger partial charge in [-0.3, -0.25) is 4.55 Å². The molecule has 1 unspecified atom stereocenters. The van der Waals surface area contributed by atoms with Crippen molar-refractivity contribution in [3.8, 4) is 17.5 Å². The van der Waals surface area contributed by atoms with Gasteiger partial charge in [0.25, 0.3) is 0 Å². The number of nitriles is 1. The molecule has 0 aliphatic heterocycles. The highest BCUT2D eigenvalue weighted by atomic mass is 32.2. The molecule has 0 bridgehead atoms. The minimum absolute atomic E-state index is 0.0454. The van der Waals surface area contributed by atoms with Gasteiger partial charge in [-0.05, 0) is 54.6 Å². The summed E-state index contributed by atoms with van der Waals surface area (Å²) in [6.07, 6.45) is 1.80. The van der Waals surface area contributed by atoms with Crippen molar-refractivity contribution in [1.82, 2.24) is 4.57 Å². The number of anilines is 1. The van der Waals surface area contributed by atoms with Gasteiger partial charge >= 0.3 is 11.4 Å². The van der Waals surface area contributed by atoms with Gasteiger partial charge in [-0.2, -0.15) is 9.47 Å². The number of rotatable bonds is 7. The van der Waals surface area contributed by atoms with Crippen LogP contribution in [0.2, 0.25) is 0 Å². The third kappa shape index (κ3) is 4.52. The van der Waals surface area contributed by atoms with E-state index in [1.54, 1.807) is 35.0 Å². The number of hydroxylamine groups is 1. The number of sulfone groups is 1. The predicted octanol–water partition coefficient (Wildman–Crippen LogP) is 3.85. The third-order valence-electron chi connectivity index (χ3n) is 5.18. The van der Waals surface area contributed by atoms with Crippen LogP contribution in [0.4, 0.5) is 5.69 Å². The molecule has 0 saturated heterocycles. The molecule has 1 atom stereocenters. The van der Waals surface area contributed by atoms with Crippen LogP contribution in [0, 0.1) is 11.3 Å². The molecule has 0 aliphatic rings. The summed E-state index contributed by atoms with van der Waals surface area (Å²) in [4.78, 5) is 0.00672. The van der Waals surface area contributed by atoms with Crippen molar-refractivity contribution in [2.24, 2.45) is 0 Å². The van der Waals surface area contributed by atoms with Gasteiger partial charge in [-0.25, -0.2) is 13.5 Å². The van der Waals surface area contributed by atoms with E-state index in [-0.39, 0.29) is 21.1 Å². The molecule has 0 saturated carbocycles. The fourth-order valence-corrected chi connectivity index (χ4v) is 5.16. The second kappa shape index (κ2) is 9.28. The van der Waals surface area contributed by atoms with Gasteiger partial charge in [-0.15, -0.1) is 4.28 Å². The Balaban J connectivity index is 1.79. The summed E-state index contributed by atoms with van der Waals surface area (Å²) < 4.78 is 58.4. The van der Waals surface area contributed by atoms with Crippen LogP contribution in [0.25, 0.3) is 16.6 Å². The highest BCUT2D eigenvalue weighted by Crippen LogP contribution is 2.30. The fourth-order valence-electron chi connectivity index (χ4n) is 3.52. The highest BCUT2D eigenvalue weighted by molar-refractivity contribution is 7.91. The van der Waals surface area contributed by atoms with Crippen LogP contribution in [0.15, 0.2) is 82.7 Å². The molecule has 0 fully saturated rings. The van der Waals surface area contributed by atoms with E-state index in [0.717, 1.165) is 10.9 Å². The van der Waals surface area contributed by atoms with Crippen molar-refractivity contribution in [2.45, 2.75) is 9.79 Å². The first-order chi connectivity index (χ1) is 16.2. The van der Waals surface area contributed by atoms with Crippen LogP contribution in [0.3, 0.4) is 0 Å². The Kier molecular flexibility index (Phi) is 6.41. The third-order valence-corrected chi connectivity index (χ3v) is 7.26. The predicted molar refractivity (Wildman–Crippen MR) is 127 cm³/mol. The van der Waals surface area contributed by atoms with Gasteiger partial charge in [0.2, 0.25) is 9.84 Å². The van der Waals surface area contributed by atoms with E-state index in [9.17, 15) is 17.9 Å². The van der Waals surface area contributed by atoms with Crippen LogP contribution >= 0.6 is 0 Å². The summed E-state index contributed by atoms with van der Waals surface area (Å²) in [5.41, 5.74) is 2.03. The fraction of sp³-hybridized carbons (Fsp3) is 0.0870. The van der Waals surface area contributed by atoms with Gasteiger partial charge in [0.05, 0.1) is 39.7 Å². The molecule has 174 valence electrons. The second-order valence-electron chi connectivity index (χ2n) is 7.23. The molecule has 1 aromatic heterocycles. The number of hydrogen-bond donors (Lipinski definition) is 1. The largest absolute Gasteiger partial charge is 0.497 e. The maximum absolute atomic E-state index is 13.4. The van der Waals surface area contributed by atoms with Crippen molar-refractivity contribution < 1.29 is 26.2 Å². The number of ether oxygens (including phenoxy) is 1. The van der Waals surface area contributed by atoms with Crippen LogP contribution in [0.1, 0.15) is 5.56 Å². The van der Waals surface area contributed by atoms with Crippen LogP contribution < -0.4 is 9.80 Å². The summed E-state index contributed by atoms with van der Waals surface area (Å²) in [5.74, 6) is 0.271. The van der Waals surface area contributed by atoms with Crippen LogP contribution in [-0.2, 0) is 25.5 Å². The molecule has 4 aromatic rings. The number of nitrogens with zero attached hydrogens (tertiary/aromatic N) is 3. The van der Waals surface area contributed by atoms with E-state index in [1.807, 2.05) is 18.2 Å². The van der Waals surface area contributed by atoms with E-state index in [2.05, 4.69) is 0 Å². The second-order valence-corrected chi connectivity index (χ2v) is 9.76. The Morgan fingerprint density at radius 2 is 1.85 bits per heavy atom. The highest BCUT2D eigenvalue weighted by Gasteiger charge is 2.21. The zero-order valence-electron chi connectivity index (χ0n) is 18.1.